The maximum atomic E-state index is 13.0. The number of rotatable bonds is 36. The van der Waals surface area contributed by atoms with E-state index in [1.807, 2.05) is 0 Å². The van der Waals surface area contributed by atoms with Crippen LogP contribution in [0.4, 0.5) is 0 Å². The number of hydrogen-bond donors (Lipinski definition) is 7. The lowest BCUT2D eigenvalue weighted by atomic mass is 9.98. The minimum absolute atomic E-state index is 0.138. The van der Waals surface area contributed by atoms with Crippen molar-refractivity contribution in [3.8, 4) is 0 Å². The highest BCUT2D eigenvalue weighted by Crippen LogP contribution is 2.26. The second-order valence-corrected chi connectivity index (χ2v) is 16.9. The summed E-state index contributed by atoms with van der Waals surface area (Å²) in [6.45, 7) is 2.30. The molecule has 0 aromatic heterocycles. The van der Waals surface area contributed by atoms with Crippen molar-refractivity contribution in [2.45, 2.75) is 210 Å². The maximum Gasteiger partial charge on any atom is 0.306 e. The topological polar surface area (TPSA) is 231 Å². The van der Waals surface area contributed by atoms with Crippen LogP contribution >= 0.6 is 0 Å². The number of ether oxygens (including phenoxy) is 6. The fourth-order valence-electron chi connectivity index (χ4n) is 7.18. The first-order chi connectivity index (χ1) is 32.0. The Hall–Kier alpha value is -3.06. The van der Waals surface area contributed by atoms with E-state index < -0.39 is 99.3 Å². The summed E-state index contributed by atoms with van der Waals surface area (Å²) < 4.78 is 33.5. The Morgan fingerprint density at radius 3 is 1.42 bits per heavy atom. The summed E-state index contributed by atoms with van der Waals surface area (Å²) in [6.07, 6.45) is 26.5. The van der Waals surface area contributed by atoms with E-state index in [0.29, 0.717) is 12.8 Å². The minimum Gasteiger partial charge on any atom is -0.462 e. The zero-order valence-electron chi connectivity index (χ0n) is 39.6. The first-order valence-electron chi connectivity index (χ1n) is 24.5. The Labute approximate surface area is 393 Å². The SMILES string of the molecule is CC/C=C/C/C=C/C/C=C/CCCCCCCC(=O)OC[C@H](CO[C@@H]1O[C@H](CO[C@H]2O[C@H](CO)[C@H](O)[C@H](O)[C@H]2O)[C@H](O)[C@H](O)[C@H]1O)OC(=O)CCCCCCC/C=C/C/C=C/C/C=C/CC. The van der Waals surface area contributed by atoms with Gasteiger partial charge in [0.05, 0.1) is 19.8 Å². The van der Waals surface area contributed by atoms with Crippen LogP contribution in [0.1, 0.15) is 142 Å². The average Bonchev–Trinajstić information content (AvgIpc) is 3.31. The highest BCUT2D eigenvalue weighted by atomic mass is 16.7. The maximum absolute atomic E-state index is 13.0. The third-order valence-electron chi connectivity index (χ3n) is 11.2. The number of esters is 2. The smallest absolute Gasteiger partial charge is 0.306 e. The van der Waals surface area contributed by atoms with Crippen LogP contribution in [-0.2, 0) is 38.0 Å². The van der Waals surface area contributed by atoms with Crippen LogP contribution in [0, 0.1) is 0 Å². The Morgan fingerprint density at radius 1 is 0.485 bits per heavy atom. The predicted octanol–water partition coefficient (Wildman–Crippen LogP) is 6.26. The molecular weight excluding hydrogens is 853 g/mol. The molecule has 0 aromatic carbocycles. The van der Waals surface area contributed by atoms with Crippen LogP contribution in [0.15, 0.2) is 72.9 Å². The fourth-order valence-corrected chi connectivity index (χ4v) is 7.18. The van der Waals surface area contributed by atoms with Crippen LogP contribution in [0.25, 0.3) is 0 Å². The summed E-state index contributed by atoms with van der Waals surface area (Å²) in [5.41, 5.74) is 0. The van der Waals surface area contributed by atoms with E-state index in [2.05, 4.69) is 86.8 Å². The summed E-state index contributed by atoms with van der Waals surface area (Å²) in [6, 6.07) is 0. The molecule has 2 rings (SSSR count). The molecule has 2 heterocycles. The number of hydrogen-bond acceptors (Lipinski definition) is 15. The molecule has 0 aliphatic carbocycles. The van der Waals surface area contributed by atoms with Gasteiger partial charge in [0, 0.05) is 12.8 Å². The molecule has 2 saturated heterocycles. The molecule has 7 N–H and O–H groups in total. The van der Waals surface area contributed by atoms with Gasteiger partial charge in [-0.15, -0.1) is 0 Å². The molecule has 0 unspecified atom stereocenters. The van der Waals surface area contributed by atoms with Gasteiger partial charge in [0.1, 0.15) is 55.4 Å². The largest absolute Gasteiger partial charge is 0.462 e. The van der Waals surface area contributed by atoms with Crippen molar-refractivity contribution in [3.63, 3.8) is 0 Å². The average molecular weight is 937 g/mol. The summed E-state index contributed by atoms with van der Waals surface area (Å²) in [5.74, 6) is -0.973. The molecule has 2 aliphatic heterocycles. The zero-order chi connectivity index (χ0) is 48.2. The van der Waals surface area contributed by atoms with Gasteiger partial charge in [-0.05, 0) is 77.0 Å². The van der Waals surface area contributed by atoms with E-state index in [0.717, 1.165) is 103 Å². The van der Waals surface area contributed by atoms with Gasteiger partial charge in [-0.3, -0.25) is 9.59 Å². The van der Waals surface area contributed by atoms with Crippen molar-refractivity contribution in [1.29, 1.82) is 0 Å². The molecule has 0 amide bonds. The monoisotopic (exact) mass is 937 g/mol. The molecule has 66 heavy (non-hydrogen) atoms. The highest BCUT2D eigenvalue weighted by Gasteiger charge is 2.47. The summed E-state index contributed by atoms with van der Waals surface area (Å²) >= 11 is 0. The number of aliphatic hydroxyl groups excluding tert-OH is 7. The van der Waals surface area contributed by atoms with Crippen LogP contribution < -0.4 is 0 Å². The Balaban J connectivity index is 1.84. The van der Waals surface area contributed by atoms with Gasteiger partial charge in [0.2, 0.25) is 0 Å². The lowest BCUT2D eigenvalue weighted by Crippen LogP contribution is -2.61. The molecule has 0 spiro atoms. The fraction of sp³-hybridized carbons (Fsp3) is 0.725. The van der Waals surface area contributed by atoms with Gasteiger partial charge in [-0.25, -0.2) is 0 Å². The van der Waals surface area contributed by atoms with Crippen molar-refractivity contribution < 1.29 is 73.8 Å². The van der Waals surface area contributed by atoms with E-state index in [1.165, 1.54) is 0 Å². The Bertz CT molecular complexity index is 1430. The molecule has 378 valence electrons. The van der Waals surface area contributed by atoms with E-state index in [4.69, 9.17) is 28.4 Å². The van der Waals surface area contributed by atoms with Crippen molar-refractivity contribution >= 4 is 11.9 Å². The van der Waals surface area contributed by atoms with E-state index >= 15 is 0 Å². The third kappa shape index (κ3) is 25.9. The van der Waals surface area contributed by atoms with Crippen molar-refractivity contribution in [1.82, 2.24) is 0 Å². The molecule has 15 heteroatoms. The van der Waals surface area contributed by atoms with Gasteiger partial charge in [0.15, 0.2) is 18.7 Å². The number of carbonyl (C=O) groups is 2. The van der Waals surface area contributed by atoms with Gasteiger partial charge >= 0.3 is 11.9 Å². The summed E-state index contributed by atoms with van der Waals surface area (Å²) in [4.78, 5) is 25.7. The van der Waals surface area contributed by atoms with Gasteiger partial charge in [-0.2, -0.15) is 0 Å². The predicted molar refractivity (Wildman–Crippen MR) is 252 cm³/mol. The number of unbranched alkanes of at least 4 members (excludes halogenated alkanes) is 10. The first-order valence-corrected chi connectivity index (χ1v) is 24.5. The lowest BCUT2D eigenvalue weighted by Gasteiger charge is -2.42. The zero-order valence-corrected chi connectivity index (χ0v) is 39.6. The van der Waals surface area contributed by atoms with Gasteiger partial charge in [0.25, 0.3) is 0 Å². The van der Waals surface area contributed by atoms with Crippen LogP contribution in [0.3, 0.4) is 0 Å². The normalized spacial score (nSPS) is 26.8. The van der Waals surface area contributed by atoms with Crippen LogP contribution in [0.2, 0.25) is 0 Å². The third-order valence-corrected chi connectivity index (χ3v) is 11.2. The standard InChI is InChI=1S/C51H84O15/c1-3-5-7-9-11-13-15-17-19-21-23-25-27-29-31-33-42(53)61-36-39(64-43(54)34-32-30-28-26-24-22-20-18-16-14-12-10-8-6-4-2)37-62-50-49(60)47(58)45(56)41(66-50)38-63-51-48(59)46(57)44(55)40(35-52)65-51/h5-8,11-14,17-20,39-41,44-52,55-60H,3-4,9-10,15-16,21-38H2,1-2H3/b7-5+,8-6+,13-11+,14-12+,19-17+,20-18+/t39-,40-,41-,44+,45+,46+,47+,48-,49-,50-,51+/m1/s1. The van der Waals surface area contributed by atoms with Crippen molar-refractivity contribution in [2.75, 3.05) is 26.4 Å². The quantitative estimate of drug-likeness (QED) is 0.0209. The van der Waals surface area contributed by atoms with Crippen molar-refractivity contribution in [2.24, 2.45) is 0 Å². The second-order valence-electron chi connectivity index (χ2n) is 16.9. The second kappa shape index (κ2) is 37.9. The van der Waals surface area contributed by atoms with Crippen LogP contribution in [0.5, 0.6) is 0 Å². The molecule has 0 bridgehead atoms. The molecule has 0 saturated carbocycles. The number of allylic oxidation sites excluding steroid dienone is 12. The molecule has 11 atom stereocenters. The number of carbonyl (C=O) groups excluding carboxylic acids is 2. The van der Waals surface area contributed by atoms with Gasteiger partial charge < -0.3 is 64.2 Å². The Morgan fingerprint density at radius 2 is 0.909 bits per heavy atom. The lowest BCUT2D eigenvalue weighted by molar-refractivity contribution is -0.332. The van der Waals surface area contributed by atoms with E-state index in [-0.39, 0.29) is 19.4 Å². The molecule has 2 aliphatic rings. The van der Waals surface area contributed by atoms with E-state index in [9.17, 15) is 45.3 Å². The minimum atomic E-state index is -1.77. The molecule has 0 aromatic rings. The molecular formula is C51H84O15. The number of aliphatic hydroxyl groups is 7. The summed E-state index contributed by atoms with van der Waals surface area (Å²) in [7, 11) is 0. The van der Waals surface area contributed by atoms with Gasteiger partial charge in [-0.1, -0.05) is 125 Å². The highest BCUT2D eigenvalue weighted by molar-refractivity contribution is 5.70. The summed E-state index contributed by atoms with van der Waals surface area (Å²) in [5, 5.41) is 72.0. The molecule has 0 radical (unpaired) electrons. The molecule has 2 fully saturated rings. The first kappa shape index (κ1) is 59.1. The Kier molecular flexibility index (Phi) is 33.9. The van der Waals surface area contributed by atoms with E-state index in [1.54, 1.807) is 0 Å². The van der Waals surface area contributed by atoms with Crippen molar-refractivity contribution in [3.05, 3.63) is 72.9 Å². The molecule has 15 nitrogen and oxygen atoms in total. The van der Waals surface area contributed by atoms with Crippen LogP contribution in [-0.4, -0.2) is 142 Å².